The van der Waals surface area contributed by atoms with Crippen molar-refractivity contribution < 1.29 is 9.53 Å². The van der Waals surface area contributed by atoms with E-state index in [0.717, 1.165) is 15.6 Å². The van der Waals surface area contributed by atoms with Gasteiger partial charge in [-0.3, -0.25) is 0 Å². The standard InChI is InChI=1S/C15H15BrClNO2/c1-3-20-15(19)14-10(2)6-7-18(14)9-11-4-5-12(16)8-13(11)17/h4-8H,3,9H2,1-2H3. The number of halogens is 2. The molecule has 2 aromatic rings. The molecule has 1 aromatic heterocycles. The summed E-state index contributed by atoms with van der Waals surface area (Å²) in [5, 5.41) is 0.667. The smallest absolute Gasteiger partial charge is 0.355 e. The molecule has 0 fully saturated rings. The molecule has 1 aromatic carbocycles. The first kappa shape index (κ1) is 15.1. The molecule has 0 amide bonds. The van der Waals surface area contributed by atoms with Gasteiger partial charge in [-0.1, -0.05) is 33.6 Å². The highest BCUT2D eigenvalue weighted by molar-refractivity contribution is 9.10. The van der Waals surface area contributed by atoms with Crippen LogP contribution in [-0.2, 0) is 11.3 Å². The number of aryl methyl sites for hydroxylation is 1. The molecule has 0 saturated heterocycles. The maximum absolute atomic E-state index is 12.0. The van der Waals surface area contributed by atoms with E-state index >= 15 is 0 Å². The number of carbonyl (C=O) groups excluding carboxylic acids is 1. The molecular formula is C15H15BrClNO2. The third-order valence-electron chi connectivity index (χ3n) is 2.99. The zero-order valence-electron chi connectivity index (χ0n) is 11.3. The fourth-order valence-corrected chi connectivity index (χ4v) is 2.76. The quantitative estimate of drug-likeness (QED) is 0.759. The number of benzene rings is 1. The van der Waals surface area contributed by atoms with Gasteiger partial charge in [-0.05, 0) is 43.2 Å². The van der Waals surface area contributed by atoms with Crippen molar-refractivity contribution in [3.63, 3.8) is 0 Å². The van der Waals surface area contributed by atoms with Gasteiger partial charge in [-0.15, -0.1) is 0 Å². The molecule has 1 heterocycles. The van der Waals surface area contributed by atoms with Crippen LogP contribution in [0.1, 0.15) is 28.5 Å². The van der Waals surface area contributed by atoms with E-state index in [0.29, 0.717) is 23.9 Å². The zero-order valence-corrected chi connectivity index (χ0v) is 13.7. The first-order valence-corrected chi connectivity index (χ1v) is 7.46. The van der Waals surface area contributed by atoms with E-state index in [1.54, 1.807) is 6.92 Å². The molecule has 0 saturated carbocycles. The topological polar surface area (TPSA) is 31.2 Å². The number of hydrogen-bond donors (Lipinski definition) is 0. The van der Waals surface area contributed by atoms with Gasteiger partial charge in [0.15, 0.2) is 0 Å². The average molecular weight is 357 g/mol. The van der Waals surface area contributed by atoms with Crippen LogP contribution in [0.25, 0.3) is 0 Å². The summed E-state index contributed by atoms with van der Waals surface area (Å²) in [5.41, 5.74) is 2.43. The number of esters is 1. The summed E-state index contributed by atoms with van der Waals surface area (Å²) in [6, 6.07) is 7.62. The van der Waals surface area contributed by atoms with Crippen molar-refractivity contribution in [2.45, 2.75) is 20.4 Å². The van der Waals surface area contributed by atoms with Crippen LogP contribution in [0.2, 0.25) is 5.02 Å². The SMILES string of the molecule is CCOC(=O)c1c(C)ccn1Cc1ccc(Br)cc1Cl. The molecule has 0 spiro atoms. The fraction of sp³-hybridized carbons (Fsp3) is 0.267. The van der Waals surface area contributed by atoms with Crippen molar-refractivity contribution in [3.8, 4) is 0 Å². The Morgan fingerprint density at radius 1 is 1.40 bits per heavy atom. The minimum atomic E-state index is -0.303. The van der Waals surface area contributed by atoms with Crippen LogP contribution in [-0.4, -0.2) is 17.1 Å². The lowest BCUT2D eigenvalue weighted by Gasteiger charge is -2.11. The van der Waals surface area contributed by atoms with Crippen LogP contribution in [0.5, 0.6) is 0 Å². The van der Waals surface area contributed by atoms with Crippen LogP contribution < -0.4 is 0 Å². The molecule has 0 radical (unpaired) electrons. The average Bonchev–Trinajstić information content (AvgIpc) is 2.74. The van der Waals surface area contributed by atoms with E-state index in [2.05, 4.69) is 15.9 Å². The van der Waals surface area contributed by atoms with Crippen molar-refractivity contribution in [1.29, 1.82) is 0 Å². The zero-order chi connectivity index (χ0) is 14.7. The Bertz CT molecular complexity index is 637. The van der Waals surface area contributed by atoms with E-state index in [4.69, 9.17) is 16.3 Å². The molecule has 0 aliphatic rings. The predicted molar refractivity (Wildman–Crippen MR) is 83.4 cm³/mol. The van der Waals surface area contributed by atoms with Gasteiger partial charge in [0.05, 0.1) is 6.61 Å². The number of rotatable bonds is 4. The van der Waals surface area contributed by atoms with Crippen LogP contribution in [0.3, 0.4) is 0 Å². The minimum Gasteiger partial charge on any atom is -0.461 e. The van der Waals surface area contributed by atoms with E-state index in [1.807, 2.05) is 42.0 Å². The molecule has 2 rings (SSSR count). The van der Waals surface area contributed by atoms with Crippen LogP contribution in [0.4, 0.5) is 0 Å². The Kier molecular flexibility index (Phi) is 4.89. The van der Waals surface area contributed by atoms with Gasteiger partial charge in [-0.2, -0.15) is 0 Å². The van der Waals surface area contributed by atoms with Gasteiger partial charge < -0.3 is 9.30 Å². The Morgan fingerprint density at radius 2 is 2.15 bits per heavy atom. The molecular weight excluding hydrogens is 342 g/mol. The number of nitrogens with zero attached hydrogens (tertiary/aromatic N) is 1. The van der Waals surface area contributed by atoms with Gasteiger partial charge in [-0.25, -0.2) is 4.79 Å². The predicted octanol–water partition coefficient (Wildman–Crippen LogP) is 4.44. The second-order valence-electron chi connectivity index (χ2n) is 4.43. The molecule has 0 N–H and O–H groups in total. The van der Waals surface area contributed by atoms with E-state index in [9.17, 15) is 4.79 Å². The van der Waals surface area contributed by atoms with Crippen LogP contribution in [0.15, 0.2) is 34.9 Å². The molecule has 0 bridgehead atoms. The fourth-order valence-electron chi connectivity index (χ4n) is 2.02. The number of carbonyl (C=O) groups is 1. The monoisotopic (exact) mass is 355 g/mol. The lowest BCUT2D eigenvalue weighted by Crippen LogP contribution is -2.13. The molecule has 0 unspecified atom stereocenters. The largest absolute Gasteiger partial charge is 0.461 e. The van der Waals surface area contributed by atoms with E-state index < -0.39 is 0 Å². The lowest BCUT2D eigenvalue weighted by atomic mass is 10.2. The molecule has 0 atom stereocenters. The van der Waals surface area contributed by atoms with Gasteiger partial charge >= 0.3 is 5.97 Å². The highest BCUT2D eigenvalue weighted by atomic mass is 79.9. The summed E-state index contributed by atoms with van der Waals surface area (Å²) in [7, 11) is 0. The van der Waals surface area contributed by atoms with Crippen molar-refractivity contribution in [3.05, 3.63) is 56.8 Å². The Hall–Kier alpha value is -1.26. The molecule has 0 aliphatic heterocycles. The molecule has 20 heavy (non-hydrogen) atoms. The number of hydrogen-bond acceptors (Lipinski definition) is 2. The summed E-state index contributed by atoms with van der Waals surface area (Å²) < 4.78 is 7.89. The second-order valence-corrected chi connectivity index (χ2v) is 5.75. The van der Waals surface area contributed by atoms with Gasteiger partial charge in [0, 0.05) is 22.2 Å². The van der Waals surface area contributed by atoms with Gasteiger partial charge in [0.25, 0.3) is 0 Å². The number of aromatic nitrogens is 1. The third-order valence-corrected chi connectivity index (χ3v) is 3.83. The maximum Gasteiger partial charge on any atom is 0.355 e. The summed E-state index contributed by atoms with van der Waals surface area (Å²) in [6.07, 6.45) is 1.87. The Balaban J connectivity index is 2.32. The summed E-state index contributed by atoms with van der Waals surface area (Å²) in [4.78, 5) is 12.0. The van der Waals surface area contributed by atoms with Gasteiger partial charge in [0.1, 0.15) is 5.69 Å². The Labute approximate surface area is 131 Å². The third kappa shape index (κ3) is 3.25. The maximum atomic E-state index is 12.0. The summed E-state index contributed by atoms with van der Waals surface area (Å²) in [6.45, 7) is 4.59. The van der Waals surface area contributed by atoms with Crippen molar-refractivity contribution in [2.24, 2.45) is 0 Å². The summed E-state index contributed by atoms with van der Waals surface area (Å²) in [5.74, 6) is -0.303. The lowest BCUT2D eigenvalue weighted by molar-refractivity contribution is 0.0513. The highest BCUT2D eigenvalue weighted by Crippen LogP contribution is 2.23. The highest BCUT2D eigenvalue weighted by Gasteiger charge is 2.16. The molecule has 106 valence electrons. The van der Waals surface area contributed by atoms with Crippen molar-refractivity contribution in [1.82, 2.24) is 4.57 Å². The van der Waals surface area contributed by atoms with E-state index in [1.165, 1.54) is 0 Å². The first-order valence-electron chi connectivity index (χ1n) is 6.29. The minimum absolute atomic E-state index is 0.303. The Morgan fingerprint density at radius 3 is 2.80 bits per heavy atom. The van der Waals surface area contributed by atoms with Crippen molar-refractivity contribution >= 4 is 33.5 Å². The molecule has 0 aliphatic carbocycles. The molecule has 3 nitrogen and oxygen atoms in total. The van der Waals surface area contributed by atoms with Gasteiger partial charge in [0.2, 0.25) is 0 Å². The van der Waals surface area contributed by atoms with E-state index in [-0.39, 0.29) is 5.97 Å². The summed E-state index contributed by atoms with van der Waals surface area (Å²) >= 11 is 9.60. The molecule has 5 heteroatoms. The van der Waals surface area contributed by atoms with Crippen molar-refractivity contribution in [2.75, 3.05) is 6.61 Å². The second kappa shape index (κ2) is 6.46. The first-order chi connectivity index (χ1) is 9.52. The van der Waals surface area contributed by atoms with Crippen LogP contribution in [0, 0.1) is 6.92 Å². The van der Waals surface area contributed by atoms with Crippen LogP contribution >= 0.6 is 27.5 Å². The normalized spacial score (nSPS) is 10.6. The number of ether oxygens (including phenoxy) is 1.